The first-order valence-electron chi connectivity index (χ1n) is 8.59. The molecule has 1 aliphatic heterocycles. The van der Waals surface area contributed by atoms with Gasteiger partial charge in [-0.1, -0.05) is 33.1 Å². The van der Waals surface area contributed by atoms with Crippen molar-refractivity contribution in [1.29, 1.82) is 0 Å². The normalized spacial score (nSPS) is 30.2. The minimum Gasteiger partial charge on any atom is -0.375 e. The third-order valence-electron chi connectivity index (χ3n) is 5.64. The van der Waals surface area contributed by atoms with Crippen molar-refractivity contribution in [3.05, 3.63) is 0 Å². The standard InChI is InChI=1S/C17H33NO/c1-4-17(5-2)13-16(11-12-19-17)18-14(3)15-9-7-6-8-10-15/h14-16,18H,4-13H2,1-3H3. The van der Waals surface area contributed by atoms with Crippen LogP contribution >= 0.6 is 0 Å². The van der Waals surface area contributed by atoms with Crippen LogP contribution in [0.5, 0.6) is 0 Å². The molecule has 0 radical (unpaired) electrons. The summed E-state index contributed by atoms with van der Waals surface area (Å²) >= 11 is 0. The van der Waals surface area contributed by atoms with Gasteiger partial charge in [0.05, 0.1) is 5.60 Å². The van der Waals surface area contributed by atoms with Gasteiger partial charge in [-0.3, -0.25) is 0 Å². The molecule has 2 unspecified atom stereocenters. The van der Waals surface area contributed by atoms with Crippen LogP contribution in [-0.4, -0.2) is 24.3 Å². The molecular formula is C17H33NO. The lowest BCUT2D eigenvalue weighted by Gasteiger charge is -2.42. The van der Waals surface area contributed by atoms with Crippen molar-refractivity contribution >= 4 is 0 Å². The molecule has 2 heteroatoms. The van der Waals surface area contributed by atoms with Gasteiger partial charge in [0.25, 0.3) is 0 Å². The minimum absolute atomic E-state index is 0.155. The van der Waals surface area contributed by atoms with Crippen molar-refractivity contribution in [2.75, 3.05) is 6.61 Å². The Morgan fingerprint density at radius 2 is 1.79 bits per heavy atom. The van der Waals surface area contributed by atoms with E-state index >= 15 is 0 Å². The van der Waals surface area contributed by atoms with Gasteiger partial charge in [0.2, 0.25) is 0 Å². The first-order chi connectivity index (χ1) is 9.19. The average molecular weight is 267 g/mol. The molecule has 2 aliphatic rings. The Morgan fingerprint density at radius 3 is 2.42 bits per heavy atom. The maximum absolute atomic E-state index is 6.08. The Morgan fingerprint density at radius 1 is 1.11 bits per heavy atom. The number of hydrogen-bond acceptors (Lipinski definition) is 2. The maximum atomic E-state index is 6.08. The highest BCUT2D eigenvalue weighted by Gasteiger charge is 2.35. The van der Waals surface area contributed by atoms with E-state index in [1.54, 1.807) is 0 Å². The summed E-state index contributed by atoms with van der Waals surface area (Å²) in [7, 11) is 0. The number of nitrogens with one attached hydrogen (secondary N) is 1. The molecule has 2 atom stereocenters. The second-order valence-corrected chi connectivity index (χ2v) is 6.78. The van der Waals surface area contributed by atoms with E-state index in [2.05, 4.69) is 26.1 Å². The van der Waals surface area contributed by atoms with E-state index < -0.39 is 0 Å². The van der Waals surface area contributed by atoms with Crippen LogP contribution < -0.4 is 5.32 Å². The molecule has 0 bridgehead atoms. The van der Waals surface area contributed by atoms with E-state index in [-0.39, 0.29) is 5.60 Å². The first kappa shape index (κ1) is 15.3. The van der Waals surface area contributed by atoms with Crippen LogP contribution in [0.15, 0.2) is 0 Å². The summed E-state index contributed by atoms with van der Waals surface area (Å²) in [4.78, 5) is 0. The Bertz CT molecular complexity index is 256. The Kier molecular flexibility index (Phi) is 5.70. The molecule has 0 amide bonds. The van der Waals surface area contributed by atoms with Gasteiger partial charge in [-0.25, -0.2) is 0 Å². The van der Waals surface area contributed by atoms with Gasteiger partial charge in [-0.05, 0) is 51.4 Å². The molecule has 0 aromatic heterocycles. The third kappa shape index (κ3) is 3.95. The van der Waals surface area contributed by atoms with E-state index in [1.165, 1.54) is 44.9 Å². The molecule has 112 valence electrons. The Hall–Kier alpha value is -0.0800. The van der Waals surface area contributed by atoms with E-state index in [9.17, 15) is 0 Å². The zero-order valence-corrected chi connectivity index (χ0v) is 13.2. The van der Waals surface area contributed by atoms with Gasteiger partial charge < -0.3 is 10.1 Å². The zero-order valence-electron chi connectivity index (χ0n) is 13.2. The summed E-state index contributed by atoms with van der Waals surface area (Å²) in [6.07, 6.45) is 11.9. The molecule has 19 heavy (non-hydrogen) atoms. The average Bonchev–Trinajstić information content (AvgIpc) is 2.48. The van der Waals surface area contributed by atoms with Gasteiger partial charge in [-0.15, -0.1) is 0 Å². The lowest BCUT2D eigenvalue weighted by Crippen LogP contribution is -2.50. The van der Waals surface area contributed by atoms with Crippen molar-refractivity contribution in [1.82, 2.24) is 5.32 Å². The maximum Gasteiger partial charge on any atom is 0.0692 e. The highest BCUT2D eigenvalue weighted by Crippen LogP contribution is 2.33. The molecule has 1 aliphatic carbocycles. The number of hydrogen-bond donors (Lipinski definition) is 1. The highest BCUT2D eigenvalue weighted by atomic mass is 16.5. The number of rotatable bonds is 5. The predicted molar refractivity (Wildman–Crippen MR) is 81.5 cm³/mol. The second-order valence-electron chi connectivity index (χ2n) is 6.78. The SMILES string of the molecule is CCC1(CC)CC(NC(C)C2CCCCC2)CCO1. The van der Waals surface area contributed by atoms with Crippen molar-refractivity contribution in [3.8, 4) is 0 Å². The molecule has 0 aromatic rings. The summed E-state index contributed by atoms with van der Waals surface area (Å²) in [5.41, 5.74) is 0.155. The van der Waals surface area contributed by atoms with E-state index in [4.69, 9.17) is 4.74 Å². The van der Waals surface area contributed by atoms with Gasteiger partial charge in [-0.2, -0.15) is 0 Å². The fourth-order valence-corrected chi connectivity index (χ4v) is 4.05. The largest absolute Gasteiger partial charge is 0.375 e. The van der Waals surface area contributed by atoms with E-state index in [0.717, 1.165) is 25.4 Å². The zero-order chi connectivity index (χ0) is 13.7. The Balaban J connectivity index is 1.84. The molecule has 1 saturated carbocycles. The van der Waals surface area contributed by atoms with Crippen molar-refractivity contribution < 1.29 is 4.74 Å². The molecule has 1 saturated heterocycles. The first-order valence-corrected chi connectivity index (χ1v) is 8.59. The molecule has 2 fully saturated rings. The molecule has 1 N–H and O–H groups in total. The molecule has 1 heterocycles. The summed E-state index contributed by atoms with van der Waals surface area (Å²) in [6.45, 7) is 7.90. The van der Waals surface area contributed by atoms with Crippen LogP contribution in [0.2, 0.25) is 0 Å². The smallest absolute Gasteiger partial charge is 0.0692 e. The van der Waals surface area contributed by atoms with Gasteiger partial charge >= 0.3 is 0 Å². The topological polar surface area (TPSA) is 21.3 Å². The predicted octanol–water partition coefficient (Wildman–Crippen LogP) is 4.28. The molecule has 2 nitrogen and oxygen atoms in total. The van der Waals surface area contributed by atoms with Crippen LogP contribution in [-0.2, 0) is 4.74 Å². The molecular weight excluding hydrogens is 234 g/mol. The van der Waals surface area contributed by atoms with Crippen molar-refractivity contribution in [2.24, 2.45) is 5.92 Å². The van der Waals surface area contributed by atoms with Crippen LogP contribution in [0.3, 0.4) is 0 Å². The Labute approximate surface area is 119 Å². The van der Waals surface area contributed by atoms with Gasteiger partial charge in [0.15, 0.2) is 0 Å². The van der Waals surface area contributed by atoms with E-state index in [0.29, 0.717) is 12.1 Å². The quantitative estimate of drug-likeness (QED) is 0.802. The third-order valence-corrected chi connectivity index (χ3v) is 5.64. The van der Waals surface area contributed by atoms with Crippen molar-refractivity contribution in [3.63, 3.8) is 0 Å². The lowest BCUT2D eigenvalue weighted by molar-refractivity contribution is -0.0946. The molecule has 0 spiro atoms. The van der Waals surface area contributed by atoms with Gasteiger partial charge in [0, 0.05) is 18.7 Å². The fraction of sp³-hybridized carbons (Fsp3) is 1.00. The minimum atomic E-state index is 0.155. The van der Waals surface area contributed by atoms with E-state index in [1.807, 2.05) is 0 Å². The van der Waals surface area contributed by atoms with Crippen LogP contribution in [0.25, 0.3) is 0 Å². The van der Waals surface area contributed by atoms with Crippen LogP contribution in [0.1, 0.15) is 78.6 Å². The highest BCUT2D eigenvalue weighted by molar-refractivity contribution is 4.90. The summed E-state index contributed by atoms with van der Waals surface area (Å²) < 4.78 is 6.08. The fourth-order valence-electron chi connectivity index (χ4n) is 4.05. The van der Waals surface area contributed by atoms with Gasteiger partial charge in [0.1, 0.15) is 0 Å². The van der Waals surface area contributed by atoms with Crippen LogP contribution in [0.4, 0.5) is 0 Å². The summed E-state index contributed by atoms with van der Waals surface area (Å²) in [6, 6.07) is 1.36. The lowest BCUT2D eigenvalue weighted by atomic mass is 9.82. The number of ether oxygens (including phenoxy) is 1. The van der Waals surface area contributed by atoms with Crippen LogP contribution in [0, 0.1) is 5.92 Å². The molecule has 2 rings (SSSR count). The summed E-state index contributed by atoms with van der Waals surface area (Å²) in [5.74, 6) is 0.911. The second kappa shape index (κ2) is 7.08. The van der Waals surface area contributed by atoms with Crippen molar-refractivity contribution in [2.45, 2.75) is 96.2 Å². The monoisotopic (exact) mass is 267 g/mol. The molecule has 0 aromatic carbocycles. The summed E-state index contributed by atoms with van der Waals surface area (Å²) in [5, 5.41) is 3.93.